The molecule has 0 bridgehead atoms. The van der Waals surface area contributed by atoms with Crippen LogP contribution in [0.5, 0.6) is 0 Å². The van der Waals surface area contributed by atoms with Crippen LogP contribution in [-0.4, -0.2) is 15.0 Å². The van der Waals surface area contributed by atoms with Crippen molar-refractivity contribution in [1.82, 2.24) is 9.97 Å². The standard InChI is InChI=1S/C12H14N4S2/c1-12(2,11-14-5-6-18-11)16-8-3-4-9(10(13)17)15-7-8/h3-7,16H,1-2H3,(H2,13,17). The summed E-state index contributed by atoms with van der Waals surface area (Å²) in [7, 11) is 0. The van der Waals surface area contributed by atoms with Gasteiger partial charge in [0.2, 0.25) is 0 Å². The molecule has 2 aromatic rings. The third-order valence-corrected chi connectivity index (χ3v) is 3.75. The van der Waals surface area contributed by atoms with Gasteiger partial charge in [-0.05, 0) is 26.0 Å². The molecule has 0 amide bonds. The first kappa shape index (κ1) is 12.9. The highest BCUT2D eigenvalue weighted by atomic mass is 32.1. The van der Waals surface area contributed by atoms with Crippen LogP contribution in [0.1, 0.15) is 24.5 Å². The Morgan fingerprint density at radius 1 is 1.39 bits per heavy atom. The summed E-state index contributed by atoms with van der Waals surface area (Å²) >= 11 is 6.49. The van der Waals surface area contributed by atoms with Crippen LogP contribution in [0, 0.1) is 0 Å². The number of thiocarbonyl (C=S) groups is 1. The van der Waals surface area contributed by atoms with Crippen LogP contribution in [0.4, 0.5) is 5.69 Å². The molecule has 94 valence electrons. The fourth-order valence-electron chi connectivity index (χ4n) is 1.56. The predicted molar refractivity (Wildman–Crippen MR) is 78.9 cm³/mol. The average Bonchev–Trinajstić information content (AvgIpc) is 2.83. The average molecular weight is 278 g/mol. The van der Waals surface area contributed by atoms with Crippen LogP contribution in [0.2, 0.25) is 0 Å². The number of nitrogens with one attached hydrogen (secondary N) is 1. The molecule has 0 saturated heterocycles. The zero-order valence-corrected chi connectivity index (χ0v) is 11.8. The Labute approximate surface area is 115 Å². The molecular weight excluding hydrogens is 264 g/mol. The topological polar surface area (TPSA) is 63.8 Å². The fourth-order valence-corrected chi connectivity index (χ4v) is 2.40. The van der Waals surface area contributed by atoms with Crippen LogP contribution in [-0.2, 0) is 5.54 Å². The normalized spacial score (nSPS) is 11.2. The van der Waals surface area contributed by atoms with Crippen molar-refractivity contribution in [1.29, 1.82) is 0 Å². The lowest BCUT2D eigenvalue weighted by molar-refractivity contribution is 0.604. The Morgan fingerprint density at radius 3 is 2.67 bits per heavy atom. The summed E-state index contributed by atoms with van der Waals surface area (Å²) in [6.07, 6.45) is 3.53. The summed E-state index contributed by atoms with van der Waals surface area (Å²) in [5, 5.41) is 6.38. The second-order valence-electron chi connectivity index (χ2n) is 4.38. The van der Waals surface area contributed by atoms with Gasteiger partial charge in [0.15, 0.2) is 0 Å². The van der Waals surface area contributed by atoms with Gasteiger partial charge in [0.05, 0.1) is 23.1 Å². The van der Waals surface area contributed by atoms with E-state index >= 15 is 0 Å². The maximum absolute atomic E-state index is 5.51. The zero-order valence-electron chi connectivity index (χ0n) is 10.2. The molecule has 0 spiro atoms. The molecule has 0 aromatic carbocycles. The lowest BCUT2D eigenvalue weighted by Gasteiger charge is -2.25. The SMILES string of the molecule is CC(C)(Nc1ccc(C(N)=S)nc1)c1nccs1. The Hall–Kier alpha value is -1.53. The minimum Gasteiger partial charge on any atom is -0.388 e. The zero-order chi connectivity index (χ0) is 13.2. The number of hydrogen-bond acceptors (Lipinski definition) is 5. The molecule has 0 unspecified atom stereocenters. The van der Waals surface area contributed by atoms with E-state index in [0.717, 1.165) is 10.7 Å². The molecule has 3 N–H and O–H groups in total. The highest BCUT2D eigenvalue weighted by Gasteiger charge is 2.22. The van der Waals surface area contributed by atoms with E-state index in [9.17, 15) is 0 Å². The van der Waals surface area contributed by atoms with Gasteiger partial charge in [-0.2, -0.15) is 0 Å². The minimum absolute atomic E-state index is 0.236. The van der Waals surface area contributed by atoms with Gasteiger partial charge < -0.3 is 11.1 Å². The van der Waals surface area contributed by atoms with Gasteiger partial charge in [0.1, 0.15) is 10.00 Å². The molecule has 0 aliphatic rings. The molecule has 18 heavy (non-hydrogen) atoms. The summed E-state index contributed by atoms with van der Waals surface area (Å²) in [6, 6.07) is 3.72. The van der Waals surface area contributed by atoms with Gasteiger partial charge in [0.25, 0.3) is 0 Å². The highest BCUT2D eigenvalue weighted by Crippen LogP contribution is 2.26. The Balaban J connectivity index is 2.16. The number of thiazole rings is 1. The summed E-state index contributed by atoms with van der Waals surface area (Å²) in [6.45, 7) is 4.15. The van der Waals surface area contributed by atoms with Gasteiger partial charge in [-0.15, -0.1) is 11.3 Å². The van der Waals surface area contributed by atoms with Crippen molar-refractivity contribution >= 4 is 34.2 Å². The van der Waals surface area contributed by atoms with Crippen LogP contribution in [0.3, 0.4) is 0 Å². The first-order chi connectivity index (χ1) is 8.49. The van der Waals surface area contributed by atoms with Crippen molar-refractivity contribution < 1.29 is 0 Å². The van der Waals surface area contributed by atoms with Crippen molar-refractivity contribution in [2.75, 3.05) is 5.32 Å². The second-order valence-corrected chi connectivity index (χ2v) is 5.72. The van der Waals surface area contributed by atoms with E-state index in [2.05, 4.69) is 29.1 Å². The van der Waals surface area contributed by atoms with Crippen LogP contribution >= 0.6 is 23.6 Å². The smallest absolute Gasteiger partial charge is 0.122 e. The molecule has 0 aliphatic heterocycles. The lowest BCUT2D eigenvalue weighted by atomic mass is 10.1. The predicted octanol–water partition coefficient (Wildman–Crippen LogP) is 2.52. The van der Waals surface area contributed by atoms with E-state index < -0.39 is 0 Å². The molecule has 2 rings (SSSR count). The fraction of sp³-hybridized carbons (Fsp3) is 0.250. The number of pyridine rings is 1. The largest absolute Gasteiger partial charge is 0.388 e. The highest BCUT2D eigenvalue weighted by molar-refractivity contribution is 7.80. The van der Waals surface area contributed by atoms with Crippen molar-refractivity contribution in [2.24, 2.45) is 5.73 Å². The van der Waals surface area contributed by atoms with Gasteiger partial charge in [-0.25, -0.2) is 4.98 Å². The van der Waals surface area contributed by atoms with E-state index in [0.29, 0.717) is 10.7 Å². The molecule has 0 aliphatic carbocycles. The Bertz CT molecular complexity index is 532. The first-order valence-corrected chi connectivity index (χ1v) is 6.72. The molecule has 0 radical (unpaired) electrons. The van der Waals surface area contributed by atoms with Gasteiger partial charge in [-0.1, -0.05) is 12.2 Å². The number of aromatic nitrogens is 2. The van der Waals surface area contributed by atoms with Crippen LogP contribution in [0.25, 0.3) is 0 Å². The number of nitrogens with two attached hydrogens (primary N) is 1. The monoisotopic (exact) mass is 278 g/mol. The van der Waals surface area contributed by atoms with Gasteiger partial charge >= 0.3 is 0 Å². The Morgan fingerprint density at radius 2 is 2.17 bits per heavy atom. The summed E-state index contributed by atoms with van der Waals surface area (Å²) < 4.78 is 0. The number of anilines is 1. The third kappa shape index (κ3) is 2.83. The third-order valence-electron chi connectivity index (χ3n) is 2.44. The first-order valence-electron chi connectivity index (χ1n) is 5.43. The van der Waals surface area contributed by atoms with E-state index in [1.165, 1.54) is 0 Å². The van der Waals surface area contributed by atoms with Crippen LogP contribution < -0.4 is 11.1 Å². The van der Waals surface area contributed by atoms with E-state index in [4.69, 9.17) is 18.0 Å². The molecule has 4 nitrogen and oxygen atoms in total. The van der Waals surface area contributed by atoms with Gasteiger partial charge in [-0.3, -0.25) is 4.98 Å². The number of hydrogen-bond donors (Lipinski definition) is 2. The number of nitrogens with zero attached hydrogens (tertiary/aromatic N) is 2. The van der Waals surface area contributed by atoms with Gasteiger partial charge in [0, 0.05) is 11.6 Å². The van der Waals surface area contributed by atoms with Crippen LogP contribution in [0.15, 0.2) is 29.9 Å². The molecule has 0 atom stereocenters. The molecule has 0 saturated carbocycles. The molecule has 2 heterocycles. The Kier molecular flexibility index (Phi) is 3.58. The molecule has 0 fully saturated rings. The summed E-state index contributed by atoms with van der Waals surface area (Å²) in [4.78, 5) is 8.83. The van der Waals surface area contributed by atoms with Crippen molar-refractivity contribution in [3.63, 3.8) is 0 Å². The van der Waals surface area contributed by atoms with Crippen molar-refractivity contribution in [3.05, 3.63) is 40.6 Å². The van der Waals surface area contributed by atoms with E-state index in [1.54, 1.807) is 23.7 Å². The summed E-state index contributed by atoms with van der Waals surface area (Å²) in [5.41, 5.74) is 6.81. The quantitative estimate of drug-likeness (QED) is 0.841. The maximum Gasteiger partial charge on any atom is 0.122 e. The number of rotatable bonds is 4. The summed E-state index contributed by atoms with van der Waals surface area (Å²) in [5.74, 6) is 0. The molecule has 2 aromatic heterocycles. The second kappa shape index (κ2) is 4.99. The maximum atomic E-state index is 5.51. The minimum atomic E-state index is -0.236. The van der Waals surface area contributed by atoms with E-state index in [-0.39, 0.29) is 5.54 Å². The van der Waals surface area contributed by atoms with E-state index in [1.807, 2.05) is 17.5 Å². The lowest BCUT2D eigenvalue weighted by Crippen LogP contribution is -2.27. The van der Waals surface area contributed by atoms with Crippen molar-refractivity contribution in [3.8, 4) is 0 Å². The molecule has 6 heteroatoms. The van der Waals surface area contributed by atoms with Crippen molar-refractivity contribution in [2.45, 2.75) is 19.4 Å². The molecular formula is C12H14N4S2.